The third-order valence-corrected chi connectivity index (χ3v) is 4.81. The first-order chi connectivity index (χ1) is 14.3. The summed E-state index contributed by atoms with van der Waals surface area (Å²) in [6.07, 6.45) is 4.98. The van der Waals surface area contributed by atoms with Crippen molar-refractivity contribution in [3.8, 4) is 22.8 Å². The van der Waals surface area contributed by atoms with E-state index in [1.54, 1.807) is 30.2 Å². The molecule has 1 saturated carbocycles. The maximum Gasteiger partial charge on any atom is 1.00 e. The Hall–Kier alpha value is -3.22. The number of rotatable bonds is 6. The Morgan fingerprint density at radius 2 is 1.97 bits per heavy atom. The molecule has 0 unspecified atom stereocenters. The first kappa shape index (κ1) is 22.5. The van der Waals surface area contributed by atoms with Crippen LogP contribution >= 0.6 is 0 Å². The van der Waals surface area contributed by atoms with Crippen LogP contribution in [-0.4, -0.2) is 26.6 Å². The van der Waals surface area contributed by atoms with Gasteiger partial charge in [0.15, 0.2) is 17.4 Å². The summed E-state index contributed by atoms with van der Waals surface area (Å²) in [5.74, 6) is -4.59. The summed E-state index contributed by atoms with van der Waals surface area (Å²) in [7, 11) is 1.75. The minimum absolute atomic E-state index is 0. The van der Waals surface area contributed by atoms with Gasteiger partial charge in [-0.05, 0) is 18.9 Å². The molecule has 1 amide bonds. The number of hydrogen-bond donors (Lipinski definition) is 1. The van der Waals surface area contributed by atoms with Crippen LogP contribution in [-0.2, 0) is 16.6 Å². The number of carbonyl (C=O) groups excluding carboxylic acids is 2. The number of halogens is 2. The van der Waals surface area contributed by atoms with E-state index < -0.39 is 40.4 Å². The van der Waals surface area contributed by atoms with E-state index >= 15 is 0 Å². The molecule has 8 nitrogen and oxygen atoms in total. The number of anilines is 1. The number of ether oxygens (including phenoxy) is 1. The molecule has 11 heteroatoms. The fourth-order valence-corrected chi connectivity index (χ4v) is 2.91. The Morgan fingerprint density at radius 1 is 1.23 bits per heavy atom. The van der Waals surface area contributed by atoms with Crippen molar-refractivity contribution in [2.75, 3.05) is 5.32 Å². The Bertz CT molecular complexity index is 1160. The standard InChI is InChI=1S/C20H16F2N4O4.Li/c1-26-10-11(9-24-26)15-6-12(2-5-23-15)30-17-8-13(21)16(7-14(17)22)25-18(27)20(3-4-20)19(28)29;/h2,5-10H,3-4H2,1H3,(H,25,27)(H,28,29);/q;+1/p-1. The summed E-state index contributed by atoms with van der Waals surface area (Å²) in [5, 5.41) is 17.2. The van der Waals surface area contributed by atoms with Crippen LogP contribution in [0, 0.1) is 17.0 Å². The topological polar surface area (TPSA) is 109 Å². The monoisotopic (exact) mass is 420 g/mol. The molecular formula is C20H15F2LiN4O4. The first-order valence-electron chi connectivity index (χ1n) is 8.93. The molecule has 0 aliphatic heterocycles. The molecule has 31 heavy (non-hydrogen) atoms. The number of carbonyl (C=O) groups is 2. The maximum absolute atomic E-state index is 14.5. The predicted molar refractivity (Wildman–Crippen MR) is 98.2 cm³/mol. The molecule has 0 bridgehead atoms. The smallest absolute Gasteiger partial charge is 0.549 e. The van der Waals surface area contributed by atoms with E-state index in [0.717, 1.165) is 17.7 Å². The van der Waals surface area contributed by atoms with Crippen molar-refractivity contribution in [1.29, 1.82) is 0 Å². The van der Waals surface area contributed by atoms with Gasteiger partial charge in [-0.15, -0.1) is 0 Å². The van der Waals surface area contributed by atoms with Crippen LogP contribution in [0.5, 0.6) is 11.5 Å². The van der Waals surface area contributed by atoms with Crippen molar-refractivity contribution < 1.29 is 47.1 Å². The number of aliphatic carboxylic acids is 1. The van der Waals surface area contributed by atoms with Crippen molar-refractivity contribution >= 4 is 17.6 Å². The van der Waals surface area contributed by atoms with E-state index in [4.69, 9.17) is 4.74 Å². The number of aromatic nitrogens is 3. The third kappa shape index (κ3) is 4.45. The average molecular weight is 420 g/mol. The second-order valence-corrected chi connectivity index (χ2v) is 6.97. The quantitative estimate of drug-likeness (QED) is 0.406. The molecule has 0 atom stereocenters. The number of benzene rings is 1. The van der Waals surface area contributed by atoms with Crippen molar-refractivity contribution in [3.05, 3.63) is 54.5 Å². The molecule has 1 aromatic carbocycles. The number of carboxylic acid groups (broad SMARTS) is 1. The van der Waals surface area contributed by atoms with Crippen LogP contribution in [0.2, 0.25) is 0 Å². The average Bonchev–Trinajstić information content (AvgIpc) is 3.42. The van der Waals surface area contributed by atoms with Gasteiger partial charge in [0.2, 0.25) is 5.91 Å². The van der Waals surface area contributed by atoms with Crippen LogP contribution in [0.15, 0.2) is 42.9 Å². The van der Waals surface area contributed by atoms with Gasteiger partial charge in [-0.2, -0.15) is 5.10 Å². The summed E-state index contributed by atoms with van der Waals surface area (Å²) in [6.45, 7) is 0. The second kappa shape index (κ2) is 8.49. The van der Waals surface area contributed by atoms with Crippen molar-refractivity contribution in [1.82, 2.24) is 14.8 Å². The van der Waals surface area contributed by atoms with Gasteiger partial charge < -0.3 is 20.0 Å². The zero-order valence-corrected chi connectivity index (χ0v) is 16.7. The largest absolute Gasteiger partial charge is 1.00 e. The summed E-state index contributed by atoms with van der Waals surface area (Å²) >= 11 is 0. The van der Waals surface area contributed by atoms with E-state index in [9.17, 15) is 23.5 Å². The minimum atomic E-state index is -1.68. The van der Waals surface area contributed by atoms with Gasteiger partial charge in [0.25, 0.3) is 0 Å². The fraction of sp³-hybridized carbons (Fsp3) is 0.200. The normalized spacial score (nSPS) is 13.8. The van der Waals surface area contributed by atoms with Crippen LogP contribution < -0.4 is 34.0 Å². The zero-order valence-electron chi connectivity index (χ0n) is 16.7. The summed E-state index contributed by atoms with van der Waals surface area (Å²) in [4.78, 5) is 27.4. The van der Waals surface area contributed by atoms with Gasteiger partial charge in [-0.3, -0.25) is 14.5 Å². The minimum Gasteiger partial charge on any atom is -0.549 e. The van der Waals surface area contributed by atoms with Crippen LogP contribution in [0.3, 0.4) is 0 Å². The van der Waals surface area contributed by atoms with Gasteiger partial charge in [0, 0.05) is 43.2 Å². The molecule has 1 fully saturated rings. The number of pyridine rings is 1. The van der Waals surface area contributed by atoms with Gasteiger partial charge in [0.05, 0.1) is 29.0 Å². The molecule has 154 valence electrons. The van der Waals surface area contributed by atoms with Gasteiger partial charge in [0.1, 0.15) is 5.75 Å². The number of amides is 1. The van der Waals surface area contributed by atoms with E-state index in [0.29, 0.717) is 5.69 Å². The Kier molecular flexibility index (Phi) is 6.15. The Labute approximate surface area is 187 Å². The molecule has 2 aromatic heterocycles. The molecular weight excluding hydrogens is 405 g/mol. The summed E-state index contributed by atoms with van der Waals surface area (Å²) in [5.41, 5.74) is -0.919. The molecule has 0 saturated heterocycles. The Balaban J connectivity index is 0.00000272. The molecule has 3 aromatic rings. The second-order valence-electron chi connectivity index (χ2n) is 6.97. The molecule has 4 rings (SSSR count). The van der Waals surface area contributed by atoms with E-state index in [1.165, 1.54) is 12.3 Å². The van der Waals surface area contributed by atoms with Gasteiger partial charge in [-0.25, -0.2) is 8.78 Å². The first-order valence-corrected chi connectivity index (χ1v) is 8.93. The summed E-state index contributed by atoms with van der Waals surface area (Å²) in [6, 6.07) is 4.52. The molecule has 1 aliphatic carbocycles. The number of nitrogens with one attached hydrogen (secondary N) is 1. The van der Waals surface area contributed by atoms with Crippen LogP contribution in [0.1, 0.15) is 12.8 Å². The number of aryl methyl sites for hydroxylation is 1. The molecule has 0 spiro atoms. The third-order valence-electron chi connectivity index (χ3n) is 4.81. The zero-order chi connectivity index (χ0) is 21.5. The van der Waals surface area contributed by atoms with E-state index in [1.807, 2.05) is 0 Å². The molecule has 1 aliphatic rings. The predicted octanol–water partition coefficient (Wildman–Crippen LogP) is -0.975. The van der Waals surface area contributed by atoms with Gasteiger partial charge in [-0.1, -0.05) is 0 Å². The van der Waals surface area contributed by atoms with Crippen LogP contribution in [0.4, 0.5) is 14.5 Å². The SMILES string of the molecule is Cn1cc(-c2cc(Oc3cc(F)c(NC(=O)C4(C(=O)[O-])CC4)cc3F)ccn2)cn1.[Li+]. The van der Waals surface area contributed by atoms with Gasteiger partial charge >= 0.3 is 18.9 Å². The van der Waals surface area contributed by atoms with Crippen LogP contribution in [0.25, 0.3) is 11.3 Å². The number of carboxylic acids is 1. The molecule has 2 heterocycles. The van der Waals surface area contributed by atoms with E-state index in [-0.39, 0.29) is 37.5 Å². The summed E-state index contributed by atoms with van der Waals surface area (Å²) < 4.78 is 35.9. The number of hydrogen-bond acceptors (Lipinski definition) is 6. The fourth-order valence-electron chi connectivity index (χ4n) is 2.91. The van der Waals surface area contributed by atoms with Crippen molar-refractivity contribution in [2.24, 2.45) is 12.5 Å². The Morgan fingerprint density at radius 3 is 2.58 bits per heavy atom. The molecule has 1 N–H and O–H groups in total. The maximum atomic E-state index is 14.5. The van der Waals surface area contributed by atoms with Crippen molar-refractivity contribution in [2.45, 2.75) is 12.8 Å². The number of nitrogens with zero attached hydrogens (tertiary/aromatic N) is 3. The van der Waals surface area contributed by atoms with Crippen molar-refractivity contribution in [3.63, 3.8) is 0 Å². The van der Waals surface area contributed by atoms with E-state index in [2.05, 4.69) is 15.4 Å². The molecule has 0 radical (unpaired) electrons.